The number of aromatic nitrogens is 4. The Hall–Kier alpha value is -3.49. The summed E-state index contributed by atoms with van der Waals surface area (Å²) in [6.07, 6.45) is 3.52. The van der Waals surface area contributed by atoms with E-state index in [1.165, 1.54) is 10.2 Å². The molecule has 1 amide bonds. The van der Waals surface area contributed by atoms with Gasteiger partial charge in [0.25, 0.3) is 0 Å². The first-order valence-electron chi connectivity index (χ1n) is 8.89. The number of aryl methyl sites for hydroxylation is 3. The molecule has 0 atom stereocenters. The molecule has 0 bridgehead atoms. The summed E-state index contributed by atoms with van der Waals surface area (Å²) in [5.41, 5.74) is 3.72. The lowest BCUT2D eigenvalue weighted by Gasteiger charge is -2.05. The third-order valence-corrected chi connectivity index (χ3v) is 4.46. The molecule has 9 heteroatoms. The molecule has 0 aliphatic heterocycles. The lowest BCUT2D eigenvalue weighted by atomic mass is 10.1. The zero-order valence-corrected chi connectivity index (χ0v) is 16.0. The maximum Gasteiger partial charge on any atom is 0.312 e. The molecule has 28 heavy (non-hydrogen) atoms. The van der Waals surface area contributed by atoms with Crippen LogP contribution >= 0.6 is 0 Å². The van der Waals surface area contributed by atoms with Gasteiger partial charge in [-0.15, -0.1) is 0 Å². The summed E-state index contributed by atoms with van der Waals surface area (Å²) in [6, 6.07) is 8.18. The molecule has 0 radical (unpaired) electrons. The minimum atomic E-state index is -0.448. The van der Waals surface area contributed by atoms with Crippen LogP contribution in [0.15, 0.2) is 36.7 Å². The Labute approximate surface area is 162 Å². The summed E-state index contributed by atoms with van der Waals surface area (Å²) in [7, 11) is 0. The summed E-state index contributed by atoms with van der Waals surface area (Å²) in [5, 5.41) is 22.3. The van der Waals surface area contributed by atoms with Crippen molar-refractivity contribution in [2.24, 2.45) is 0 Å². The summed E-state index contributed by atoms with van der Waals surface area (Å²) < 4.78 is 3.25. The molecule has 3 rings (SSSR count). The van der Waals surface area contributed by atoms with E-state index in [1.54, 1.807) is 30.9 Å². The highest BCUT2D eigenvalue weighted by atomic mass is 16.6. The van der Waals surface area contributed by atoms with Crippen molar-refractivity contribution in [3.05, 3.63) is 69.3 Å². The van der Waals surface area contributed by atoms with Crippen molar-refractivity contribution < 1.29 is 9.72 Å². The number of carbonyl (C=O) groups is 1. The smallest absolute Gasteiger partial charge is 0.312 e. The van der Waals surface area contributed by atoms with E-state index in [0.29, 0.717) is 23.6 Å². The van der Waals surface area contributed by atoms with Crippen molar-refractivity contribution in [1.29, 1.82) is 0 Å². The van der Waals surface area contributed by atoms with Gasteiger partial charge in [0.1, 0.15) is 11.4 Å². The van der Waals surface area contributed by atoms with Crippen LogP contribution in [0.3, 0.4) is 0 Å². The van der Waals surface area contributed by atoms with Crippen LogP contribution < -0.4 is 5.32 Å². The predicted octanol–water partition coefficient (Wildman–Crippen LogP) is 2.99. The average molecular weight is 382 g/mol. The summed E-state index contributed by atoms with van der Waals surface area (Å²) in [6.45, 7) is 6.14. The molecule has 1 N–H and O–H groups in total. The molecular formula is C19H22N6O3. The third kappa shape index (κ3) is 4.43. The number of rotatable bonds is 7. The van der Waals surface area contributed by atoms with Crippen LogP contribution in [-0.2, 0) is 17.9 Å². The molecule has 0 saturated heterocycles. The first-order valence-corrected chi connectivity index (χ1v) is 8.89. The van der Waals surface area contributed by atoms with Gasteiger partial charge >= 0.3 is 5.69 Å². The molecule has 0 spiro atoms. The highest BCUT2D eigenvalue weighted by Crippen LogP contribution is 2.22. The number of benzene rings is 1. The van der Waals surface area contributed by atoms with Gasteiger partial charge in [0, 0.05) is 12.6 Å². The summed E-state index contributed by atoms with van der Waals surface area (Å²) >= 11 is 0. The predicted molar refractivity (Wildman–Crippen MR) is 104 cm³/mol. The molecular weight excluding hydrogens is 360 g/mol. The highest BCUT2D eigenvalue weighted by Gasteiger charge is 2.21. The maximum atomic E-state index is 12.2. The molecule has 0 saturated carbocycles. The fourth-order valence-corrected chi connectivity index (χ4v) is 3.00. The zero-order valence-electron chi connectivity index (χ0n) is 16.0. The topological polar surface area (TPSA) is 108 Å². The van der Waals surface area contributed by atoms with Crippen LogP contribution in [0.2, 0.25) is 0 Å². The molecule has 0 aliphatic rings. The minimum absolute atomic E-state index is 0.00205. The minimum Gasteiger partial charge on any atom is -0.323 e. The fourth-order valence-electron chi connectivity index (χ4n) is 3.00. The van der Waals surface area contributed by atoms with Crippen molar-refractivity contribution in [2.45, 2.75) is 40.3 Å². The van der Waals surface area contributed by atoms with Gasteiger partial charge in [-0.05, 0) is 26.3 Å². The van der Waals surface area contributed by atoms with Crippen molar-refractivity contribution in [2.75, 3.05) is 5.32 Å². The van der Waals surface area contributed by atoms with E-state index in [-0.39, 0.29) is 24.6 Å². The number of amides is 1. The monoisotopic (exact) mass is 382 g/mol. The Kier molecular flexibility index (Phi) is 5.53. The normalized spacial score (nSPS) is 10.8. The van der Waals surface area contributed by atoms with Crippen molar-refractivity contribution >= 4 is 17.3 Å². The molecule has 0 unspecified atom stereocenters. The van der Waals surface area contributed by atoms with Crippen LogP contribution in [0.4, 0.5) is 11.4 Å². The van der Waals surface area contributed by atoms with E-state index in [0.717, 1.165) is 5.56 Å². The van der Waals surface area contributed by atoms with Gasteiger partial charge < -0.3 is 5.32 Å². The molecule has 2 heterocycles. The van der Waals surface area contributed by atoms with Crippen molar-refractivity contribution in [1.82, 2.24) is 19.6 Å². The number of nitro groups is 1. The molecule has 9 nitrogen and oxygen atoms in total. The molecule has 0 aliphatic carbocycles. The van der Waals surface area contributed by atoms with Gasteiger partial charge in [-0.3, -0.25) is 24.3 Å². The van der Waals surface area contributed by atoms with Gasteiger partial charge in [0.15, 0.2) is 0 Å². The van der Waals surface area contributed by atoms with E-state index in [2.05, 4.69) is 15.5 Å². The number of hydrogen-bond donors (Lipinski definition) is 1. The Morgan fingerprint density at radius 1 is 1.21 bits per heavy atom. The number of anilines is 1. The highest BCUT2D eigenvalue weighted by molar-refractivity contribution is 5.90. The first-order chi connectivity index (χ1) is 13.3. The van der Waals surface area contributed by atoms with Gasteiger partial charge in [-0.2, -0.15) is 10.2 Å². The van der Waals surface area contributed by atoms with Crippen LogP contribution in [-0.4, -0.2) is 30.4 Å². The van der Waals surface area contributed by atoms with Gasteiger partial charge in [0.2, 0.25) is 5.91 Å². The van der Waals surface area contributed by atoms with Gasteiger partial charge in [-0.1, -0.05) is 29.8 Å². The third-order valence-electron chi connectivity index (χ3n) is 4.46. The fraction of sp³-hybridized carbons (Fsp3) is 0.316. The van der Waals surface area contributed by atoms with E-state index < -0.39 is 4.92 Å². The number of nitrogens with one attached hydrogen (secondary N) is 1. The van der Waals surface area contributed by atoms with Crippen LogP contribution in [0, 0.1) is 30.9 Å². The zero-order chi connectivity index (χ0) is 20.3. The standard InChI is InChI=1S/C19H22N6O3/c1-13-4-6-16(7-5-13)11-23-12-17(10-20-23)21-18(26)8-9-24-15(3)19(25(27)28)14(2)22-24/h4-7,10,12H,8-9,11H2,1-3H3,(H,21,26). The first kappa shape index (κ1) is 19.3. The molecule has 3 aromatic rings. The van der Waals surface area contributed by atoms with Crippen LogP contribution in [0.25, 0.3) is 0 Å². The number of nitrogens with zero attached hydrogens (tertiary/aromatic N) is 5. The lowest BCUT2D eigenvalue weighted by molar-refractivity contribution is -0.386. The second kappa shape index (κ2) is 8.03. The van der Waals surface area contributed by atoms with E-state index in [4.69, 9.17) is 0 Å². The molecule has 2 aromatic heterocycles. The van der Waals surface area contributed by atoms with Gasteiger partial charge in [-0.25, -0.2) is 0 Å². The molecule has 1 aromatic carbocycles. The molecule has 146 valence electrons. The molecule has 0 fully saturated rings. The van der Waals surface area contributed by atoms with Crippen molar-refractivity contribution in [3.63, 3.8) is 0 Å². The lowest BCUT2D eigenvalue weighted by Crippen LogP contribution is -2.15. The van der Waals surface area contributed by atoms with Crippen LogP contribution in [0.1, 0.15) is 28.9 Å². The average Bonchev–Trinajstić information content (AvgIpc) is 3.18. The number of carbonyl (C=O) groups excluding carboxylic acids is 1. The number of hydrogen-bond acceptors (Lipinski definition) is 5. The Morgan fingerprint density at radius 2 is 1.93 bits per heavy atom. The van der Waals surface area contributed by atoms with E-state index in [9.17, 15) is 14.9 Å². The SMILES string of the molecule is Cc1ccc(Cn2cc(NC(=O)CCn3nc(C)c([N+](=O)[O-])c3C)cn2)cc1. The van der Waals surface area contributed by atoms with Crippen molar-refractivity contribution in [3.8, 4) is 0 Å². The van der Waals surface area contributed by atoms with Gasteiger partial charge in [0.05, 0.1) is 29.9 Å². The maximum absolute atomic E-state index is 12.2. The second-order valence-corrected chi connectivity index (χ2v) is 6.71. The summed E-state index contributed by atoms with van der Waals surface area (Å²) in [5.74, 6) is -0.204. The largest absolute Gasteiger partial charge is 0.323 e. The Bertz CT molecular complexity index is 1000. The second-order valence-electron chi connectivity index (χ2n) is 6.71. The quantitative estimate of drug-likeness (QED) is 0.499. The van der Waals surface area contributed by atoms with Crippen LogP contribution in [0.5, 0.6) is 0 Å². The summed E-state index contributed by atoms with van der Waals surface area (Å²) in [4.78, 5) is 22.8. The Morgan fingerprint density at radius 3 is 2.57 bits per heavy atom. The van der Waals surface area contributed by atoms with E-state index in [1.807, 2.05) is 31.2 Å². The van der Waals surface area contributed by atoms with E-state index >= 15 is 0 Å². The Balaban J connectivity index is 1.56.